The Morgan fingerprint density at radius 1 is 1.23 bits per heavy atom. The Balaban J connectivity index is 2.04. The molecule has 2 rings (SSSR count). The van der Waals surface area contributed by atoms with Gasteiger partial charge in [-0.3, -0.25) is 4.79 Å². The molecule has 22 heavy (non-hydrogen) atoms. The summed E-state index contributed by atoms with van der Waals surface area (Å²) in [5.41, 5.74) is 1.06. The highest BCUT2D eigenvalue weighted by Gasteiger charge is 2.16. The van der Waals surface area contributed by atoms with Crippen molar-refractivity contribution in [2.75, 3.05) is 12.4 Å². The fourth-order valence-corrected chi connectivity index (χ4v) is 1.88. The van der Waals surface area contributed by atoms with Crippen LogP contribution in [0.5, 0.6) is 11.5 Å². The SMILES string of the molecule is COc1ccccc1NC(=O)C(C)Oc1cccc(C#N)c1. The van der Waals surface area contributed by atoms with Crippen LogP contribution in [0.1, 0.15) is 12.5 Å². The van der Waals surface area contributed by atoms with Crippen LogP contribution in [0.4, 0.5) is 5.69 Å². The van der Waals surface area contributed by atoms with Gasteiger partial charge < -0.3 is 14.8 Å². The Morgan fingerprint density at radius 3 is 2.73 bits per heavy atom. The van der Waals surface area contributed by atoms with E-state index in [1.807, 2.05) is 12.1 Å². The summed E-state index contributed by atoms with van der Waals surface area (Å²) in [6, 6.07) is 15.8. The molecule has 0 radical (unpaired) electrons. The molecule has 0 aliphatic heterocycles. The maximum atomic E-state index is 12.2. The van der Waals surface area contributed by atoms with E-state index >= 15 is 0 Å². The minimum Gasteiger partial charge on any atom is -0.495 e. The molecule has 0 aliphatic carbocycles. The molecule has 0 fully saturated rings. The minimum absolute atomic E-state index is 0.299. The number of benzene rings is 2. The van der Waals surface area contributed by atoms with E-state index in [9.17, 15) is 4.79 Å². The van der Waals surface area contributed by atoms with Gasteiger partial charge in [-0.1, -0.05) is 18.2 Å². The molecule has 1 N–H and O–H groups in total. The average molecular weight is 296 g/mol. The molecule has 1 amide bonds. The number of anilines is 1. The van der Waals surface area contributed by atoms with Crippen LogP contribution in [0.15, 0.2) is 48.5 Å². The van der Waals surface area contributed by atoms with Gasteiger partial charge in [0, 0.05) is 0 Å². The smallest absolute Gasteiger partial charge is 0.265 e. The predicted octanol–water partition coefficient (Wildman–Crippen LogP) is 2.97. The number of carbonyl (C=O) groups is 1. The highest BCUT2D eigenvalue weighted by molar-refractivity contribution is 5.95. The average Bonchev–Trinajstić information content (AvgIpc) is 2.55. The van der Waals surface area contributed by atoms with Crippen LogP contribution in [0, 0.1) is 11.3 Å². The zero-order chi connectivity index (χ0) is 15.9. The number of methoxy groups -OCH3 is 1. The van der Waals surface area contributed by atoms with Crippen molar-refractivity contribution in [1.29, 1.82) is 5.26 Å². The quantitative estimate of drug-likeness (QED) is 0.920. The monoisotopic (exact) mass is 296 g/mol. The number of carbonyl (C=O) groups excluding carboxylic acids is 1. The summed E-state index contributed by atoms with van der Waals surface area (Å²) >= 11 is 0. The molecule has 5 nitrogen and oxygen atoms in total. The van der Waals surface area contributed by atoms with Crippen molar-refractivity contribution >= 4 is 11.6 Å². The number of hydrogen-bond donors (Lipinski definition) is 1. The van der Waals surface area contributed by atoms with Crippen LogP contribution in [0.2, 0.25) is 0 Å². The number of ether oxygens (including phenoxy) is 2. The molecule has 0 bridgehead atoms. The maximum absolute atomic E-state index is 12.2. The van der Waals surface area contributed by atoms with E-state index < -0.39 is 6.10 Å². The van der Waals surface area contributed by atoms with Crippen LogP contribution in [-0.4, -0.2) is 19.1 Å². The van der Waals surface area contributed by atoms with Crippen LogP contribution >= 0.6 is 0 Å². The molecule has 1 atom stereocenters. The number of nitrogens with one attached hydrogen (secondary N) is 1. The third-order valence-corrected chi connectivity index (χ3v) is 3.01. The number of hydrogen-bond acceptors (Lipinski definition) is 4. The lowest BCUT2D eigenvalue weighted by atomic mass is 10.2. The largest absolute Gasteiger partial charge is 0.495 e. The minimum atomic E-state index is -0.709. The molecular weight excluding hydrogens is 280 g/mol. The van der Waals surface area contributed by atoms with Crippen molar-refractivity contribution in [3.8, 4) is 17.6 Å². The Morgan fingerprint density at radius 2 is 2.00 bits per heavy atom. The van der Waals surface area contributed by atoms with E-state index in [0.29, 0.717) is 22.7 Å². The fraction of sp³-hybridized carbons (Fsp3) is 0.176. The zero-order valence-electron chi connectivity index (χ0n) is 12.4. The number of para-hydroxylation sites is 2. The number of amides is 1. The van der Waals surface area contributed by atoms with Crippen molar-refractivity contribution in [3.05, 3.63) is 54.1 Å². The fourth-order valence-electron chi connectivity index (χ4n) is 1.88. The first-order valence-electron chi connectivity index (χ1n) is 6.74. The summed E-state index contributed by atoms with van der Waals surface area (Å²) in [5.74, 6) is 0.753. The third kappa shape index (κ3) is 3.76. The first-order valence-corrected chi connectivity index (χ1v) is 6.74. The van der Waals surface area contributed by atoms with E-state index in [1.54, 1.807) is 49.4 Å². The molecule has 0 saturated heterocycles. The summed E-state index contributed by atoms with van der Waals surface area (Å²) in [7, 11) is 1.54. The van der Waals surface area contributed by atoms with Gasteiger partial charge in [-0.15, -0.1) is 0 Å². The predicted molar refractivity (Wildman–Crippen MR) is 82.9 cm³/mol. The van der Waals surface area contributed by atoms with Gasteiger partial charge in [0.1, 0.15) is 11.5 Å². The Kier molecular flexibility index (Phi) is 4.99. The highest BCUT2D eigenvalue weighted by Crippen LogP contribution is 2.23. The summed E-state index contributed by atoms with van der Waals surface area (Å²) in [6.45, 7) is 1.64. The summed E-state index contributed by atoms with van der Waals surface area (Å²) < 4.78 is 10.7. The Bertz CT molecular complexity index is 707. The van der Waals surface area contributed by atoms with E-state index in [-0.39, 0.29) is 5.91 Å². The van der Waals surface area contributed by atoms with Gasteiger partial charge in [-0.25, -0.2) is 0 Å². The molecule has 0 saturated carbocycles. The summed E-state index contributed by atoms with van der Waals surface area (Å²) in [5, 5.41) is 11.6. The molecule has 0 heterocycles. The van der Waals surface area contributed by atoms with Gasteiger partial charge in [0.2, 0.25) is 0 Å². The summed E-state index contributed by atoms with van der Waals surface area (Å²) in [4.78, 5) is 12.2. The standard InChI is InChI=1S/C17H16N2O3/c1-12(22-14-7-5-6-13(10-14)11-18)17(20)19-15-8-3-4-9-16(15)21-2/h3-10,12H,1-2H3,(H,19,20). The van der Waals surface area contributed by atoms with Gasteiger partial charge in [-0.05, 0) is 37.3 Å². The molecule has 2 aromatic rings. The van der Waals surface area contributed by atoms with Gasteiger partial charge in [0.05, 0.1) is 24.4 Å². The van der Waals surface area contributed by atoms with Gasteiger partial charge in [0.15, 0.2) is 6.10 Å². The molecule has 5 heteroatoms. The maximum Gasteiger partial charge on any atom is 0.265 e. The van der Waals surface area contributed by atoms with E-state index in [4.69, 9.17) is 14.7 Å². The molecule has 0 aliphatic rings. The highest BCUT2D eigenvalue weighted by atomic mass is 16.5. The Labute approximate surface area is 129 Å². The zero-order valence-corrected chi connectivity index (χ0v) is 12.4. The van der Waals surface area contributed by atoms with Crippen molar-refractivity contribution in [2.24, 2.45) is 0 Å². The normalized spacial score (nSPS) is 11.1. The second kappa shape index (κ2) is 7.14. The molecule has 0 aromatic heterocycles. The third-order valence-electron chi connectivity index (χ3n) is 3.01. The van der Waals surface area contributed by atoms with Crippen molar-refractivity contribution in [3.63, 3.8) is 0 Å². The molecule has 112 valence electrons. The molecule has 0 spiro atoms. The van der Waals surface area contributed by atoms with Crippen molar-refractivity contribution in [2.45, 2.75) is 13.0 Å². The second-order valence-electron chi connectivity index (χ2n) is 4.59. The Hall–Kier alpha value is -3.00. The van der Waals surface area contributed by atoms with Gasteiger partial charge in [0.25, 0.3) is 5.91 Å². The topological polar surface area (TPSA) is 71.3 Å². The first-order chi connectivity index (χ1) is 10.6. The van der Waals surface area contributed by atoms with Crippen LogP contribution in [-0.2, 0) is 4.79 Å². The second-order valence-corrected chi connectivity index (χ2v) is 4.59. The van der Waals surface area contributed by atoms with Crippen LogP contribution in [0.25, 0.3) is 0 Å². The summed E-state index contributed by atoms with van der Waals surface area (Å²) in [6.07, 6.45) is -0.709. The number of nitrogens with zero attached hydrogens (tertiary/aromatic N) is 1. The van der Waals surface area contributed by atoms with Gasteiger partial charge in [-0.2, -0.15) is 5.26 Å². The lowest BCUT2D eigenvalue weighted by Gasteiger charge is -2.16. The number of rotatable bonds is 5. The molecule has 2 aromatic carbocycles. The lowest BCUT2D eigenvalue weighted by Crippen LogP contribution is -2.30. The first kappa shape index (κ1) is 15.4. The van der Waals surface area contributed by atoms with Crippen LogP contribution in [0.3, 0.4) is 0 Å². The molecular formula is C17H16N2O3. The molecule has 1 unspecified atom stereocenters. The van der Waals surface area contributed by atoms with Crippen LogP contribution < -0.4 is 14.8 Å². The van der Waals surface area contributed by atoms with Crippen molar-refractivity contribution < 1.29 is 14.3 Å². The van der Waals surface area contributed by atoms with Gasteiger partial charge >= 0.3 is 0 Å². The lowest BCUT2D eigenvalue weighted by molar-refractivity contribution is -0.122. The van der Waals surface area contributed by atoms with E-state index in [0.717, 1.165) is 0 Å². The van der Waals surface area contributed by atoms with E-state index in [1.165, 1.54) is 7.11 Å². The van der Waals surface area contributed by atoms with E-state index in [2.05, 4.69) is 5.32 Å². The van der Waals surface area contributed by atoms with Crippen molar-refractivity contribution in [1.82, 2.24) is 0 Å². The number of nitriles is 1.